The summed E-state index contributed by atoms with van der Waals surface area (Å²) in [5, 5.41) is 9.27. The summed E-state index contributed by atoms with van der Waals surface area (Å²) in [7, 11) is 0. The van der Waals surface area contributed by atoms with Crippen LogP contribution in [0.2, 0.25) is 0 Å². The molecule has 0 aliphatic rings. The topological polar surface area (TPSA) is 70.7 Å². The van der Waals surface area contributed by atoms with E-state index in [2.05, 4.69) is 26.8 Å². The van der Waals surface area contributed by atoms with Crippen molar-refractivity contribution >= 4 is 17.7 Å². The zero-order valence-corrected chi connectivity index (χ0v) is 11.3. The monoisotopic (exact) mass is 256 g/mol. The Morgan fingerprint density at radius 3 is 2.76 bits per heavy atom. The molecular weight excluding hydrogens is 236 g/mol. The standard InChI is InChI=1S/C11H20N4OS/c1-9-13-10(15-14-9)11(16)12-7-5-3-4-6-8-17-2/h3-8H2,1-2H3,(H,12,16)(H,13,14,15). The predicted molar refractivity (Wildman–Crippen MR) is 70.3 cm³/mol. The Hall–Kier alpha value is -1.04. The van der Waals surface area contributed by atoms with E-state index in [9.17, 15) is 4.79 Å². The Balaban J connectivity index is 2.05. The minimum Gasteiger partial charge on any atom is -0.349 e. The number of hydrogen-bond acceptors (Lipinski definition) is 4. The van der Waals surface area contributed by atoms with E-state index in [1.807, 2.05) is 11.8 Å². The molecule has 0 atom stereocenters. The summed E-state index contributed by atoms with van der Waals surface area (Å²) in [5.74, 6) is 1.92. The molecule has 0 unspecified atom stereocenters. The molecular formula is C11H20N4OS. The first-order valence-corrected chi connectivity index (χ1v) is 7.29. The molecule has 1 heterocycles. The average molecular weight is 256 g/mol. The van der Waals surface area contributed by atoms with Crippen molar-refractivity contribution in [1.29, 1.82) is 0 Å². The van der Waals surface area contributed by atoms with Crippen molar-refractivity contribution in [3.05, 3.63) is 11.6 Å². The molecule has 1 rings (SSSR count). The maximum atomic E-state index is 11.5. The lowest BCUT2D eigenvalue weighted by molar-refractivity contribution is 0.0943. The highest BCUT2D eigenvalue weighted by atomic mass is 32.2. The van der Waals surface area contributed by atoms with E-state index >= 15 is 0 Å². The highest BCUT2D eigenvalue weighted by Gasteiger charge is 2.09. The predicted octanol–water partition coefficient (Wildman–Crippen LogP) is 1.77. The summed E-state index contributed by atoms with van der Waals surface area (Å²) in [6.07, 6.45) is 6.79. The number of unbranched alkanes of at least 4 members (excludes halogenated alkanes) is 3. The Morgan fingerprint density at radius 2 is 2.12 bits per heavy atom. The van der Waals surface area contributed by atoms with E-state index in [1.54, 1.807) is 6.92 Å². The number of hydrogen-bond donors (Lipinski definition) is 2. The quantitative estimate of drug-likeness (QED) is 0.695. The van der Waals surface area contributed by atoms with Gasteiger partial charge in [-0.15, -0.1) is 5.10 Å². The lowest BCUT2D eigenvalue weighted by Gasteiger charge is -2.02. The van der Waals surface area contributed by atoms with E-state index in [-0.39, 0.29) is 11.7 Å². The molecule has 1 aromatic heterocycles. The minimum absolute atomic E-state index is 0.196. The fourth-order valence-electron chi connectivity index (χ4n) is 1.45. The summed E-state index contributed by atoms with van der Waals surface area (Å²) >= 11 is 1.88. The van der Waals surface area contributed by atoms with Gasteiger partial charge in [-0.3, -0.25) is 9.89 Å². The maximum Gasteiger partial charge on any atom is 0.290 e. The lowest BCUT2D eigenvalue weighted by Crippen LogP contribution is -2.25. The second-order valence-corrected chi connectivity index (χ2v) is 4.89. The molecule has 96 valence electrons. The van der Waals surface area contributed by atoms with Crippen LogP contribution in [0, 0.1) is 6.92 Å². The van der Waals surface area contributed by atoms with Crippen molar-refractivity contribution in [2.24, 2.45) is 0 Å². The SMILES string of the molecule is CSCCCCCCNC(=O)c1n[nH]c(C)n1. The number of nitrogens with zero attached hydrogens (tertiary/aromatic N) is 2. The van der Waals surface area contributed by atoms with Gasteiger partial charge < -0.3 is 5.32 Å². The van der Waals surface area contributed by atoms with Gasteiger partial charge in [0.05, 0.1) is 0 Å². The lowest BCUT2D eigenvalue weighted by atomic mass is 10.2. The molecule has 0 aliphatic heterocycles. The van der Waals surface area contributed by atoms with E-state index < -0.39 is 0 Å². The fourth-order valence-corrected chi connectivity index (χ4v) is 1.94. The second kappa shape index (κ2) is 8.11. The molecule has 0 aromatic carbocycles. The van der Waals surface area contributed by atoms with E-state index in [1.165, 1.54) is 18.6 Å². The Bertz CT molecular complexity index is 340. The summed E-state index contributed by atoms with van der Waals surface area (Å²) in [6, 6.07) is 0. The molecule has 0 radical (unpaired) electrons. The van der Waals surface area contributed by atoms with E-state index in [0.29, 0.717) is 12.4 Å². The number of carbonyl (C=O) groups is 1. The van der Waals surface area contributed by atoms with Crippen LogP contribution in [0.15, 0.2) is 0 Å². The van der Waals surface area contributed by atoms with Gasteiger partial charge in [-0.05, 0) is 31.8 Å². The number of amides is 1. The van der Waals surface area contributed by atoms with Gasteiger partial charge in [-0.1, -0.05) is 12.8 Å². The third-order valence-electron chi connectivity index (χ3n) is 2.36. The van der Waals surface area contributed by atoms with Gasteiger partial charge in [0.2, 0.25) is 5.82 Å². The molecule has 0 saturated heterocycles. The summed E-state index contributed by atoms with van der Waals surface area (Å²) in [5.41, 5.74) is 0. The van der Waals surface area contributed by atoms with Crippen molar-refractivity contribution in [3.63, 3.8) is 0 Å². The van der Waals surface area contributed by atoms with Crippen molar-refractivity contribution in [1.82, 2.24) is 20.5 Å². The van der Waals surface area contributed by atoms with Gasteiger partial charge in [0.1, 0.15) is 5.82 Å². The van der Waals surface area contributed by atoms with Crippen LogP contribution in [0.5, 0.6) is 0 Å². The number of rotatable bonds is 8. The van der Waals surface area contributed by atoms with Crippen LogP contribution < -0.4 is 5.32 Å². The van der Waals surface area contributed by atoms with Crippen molar-refractivity contribution in [2.75, 3.05) is 18.6 Å². The van der Waals surface area contributed by atoms with E-state index in [4.69, 9.17) is 0 Å². The van der Waals surface area contributed by atoms with Gasteiger partial charge in [0.25, 0.3) is 5.91 Å². The summed E-state index contributed by atoms with van der Waals surface area (Å²) in [6.45, 7) is 2.47. The Morgan fingerprint density at radius 1 is 1.35 bits per heavy atom. The molecule has 17 heavy (non-hydrogen) atoms. The van der Waals surface area contributed by atoms with Crippen molar-refractivity contribution < 1.29 is 4.79 Å². The minimum atomic E-state index is -0.196. The largest absolute Gasteiger partial charge is 0.349 e. The molecule has 6 heteroatoms. The number of aryl methyl sites for hydroxylation is 1. The van der Waals surface area contributed by atoms with Crippen LogP contribution in [-0.2, 0) is 0 Å². The van der Waals surface area contributed by atoms with Crippen LogP contribution in [-0.4, -0.2) is 39.6 Å². The zero-order valence-electron chi connectivity index (χ0n) is 10.5. The number of carbonyl (C=O) groups excluding carboxylic acids is 1. The molecule has 0 aliphatic carbocycles. The summed E-state index contributed by atoms with van der Waals surface area (Å²) < 4.78 is 0. The molecule has 2 N–H and O–H groups in total. The molecule has 0 fully saturated rings. The Kier molecular flexibility index (Phi) is 6.69. The van der Waals surface area contributed by atoms with Crippen LogP contribution in [0.1, 0.15) is 42.1 Å². The first kappa shape index (κ1) is 14.0. The molecule has 1 aromatic rings. The Labute approximate surface area is 106 Å². The van der Waals surface area contributed by atoms with Gasteiger partial charge >= 0.3 is 0 Å². The maximum absolute atomic E-state index is 11.5. The van der Waals surface area contributed by atoms with Crippen molar-refractivity contribution in [2.45, 2.75) is 32.6 Å². The first-order valence-electron chi connectivity index (χ1n) is 5.90. The fraction of sp³-hybridized carbons (Fsp3) is 0.727. The van der Waals surface area contributed by atoms with Gasteiger partial charge in [0.15, 0.2) is 0 Å². The van der Waals surface area contributed by atoms with Crippen molar-refractivity contribution in [3.8, 4) is 0 Å². The summed E-state index contributed by atoms with van der Waals surface area (Å²) in [4.78, 5) is 15.5. The third-order valence-corrected chi connectivity index (χ3v) is 3.06. The molecule has 1 amide bonds. The van der Waals surface area contributed by atoms with Gasteiger partial charge in [-0.2, -0.15) is 11.8 Å². The average Bonchev–Trinajstić information content (AvgIpc) is 2.74. The number of nitrogens with one attached hydrogen (secondary N) is 2. The molecule has 0 bridgehead atoms. The zero-order chi connectivity index (χ0) is 12.5. The molecule has 5 nitrogen and oxygen atoms in total. The van der Waals surface area contributed by atoms with Gasteiger partial charge in [0, 0.05) is 6.54 Å². The van der Waals surface area contributed by atoms with Crippen LogP contribution >= 0.6 is 11.8 Å². The van der Waals surface area contributed by atoms with Crippen LogP contribution in [0.4, 0.5) is 0 Å². The molecule has 0 saturated carbocycles. The first-order chi connectivity index (χ1) is 8.24. The van der Waals surface area contributed by atoms with Crippen LogP contribution in [0.3, 0.4) is 0 Å². The third kappa shape index (κ3) is 5.72. The number of H-pyrrole nitrogens is 1. The number of aromatic nitrogens is 3. The number of thioether (sulfide) groups is 1. The van der Waals surface area contributed by atoms with Crippen LogP contribution in [0.25, 0.3) is 0 Å². The van der Waals surface area contributed by atoms with E-state index in [0.717, 1.165) is 12.8 Å². The van der Waals surface area contributed by atoms with Gasteiger partial charge in [-0.25, -0.2) is 4.98 Å². The smallest absolute Gasteiger partial charge is 0.290 e. The molecule has 0 spiro atoms. The highest BCUT2D eigenvalue weighted by Crippen LogP contribution is 2.03. The number of aromatic amines is 1. The highest BCUT2D eigenvalue weighted by molar-refractivity contribution is 7.98. The normalized spacial score (nSPS) is 10.5. The second-order valence-electron chi connectivity index (χ2n) is 3.91.